The van der Waals surface area contributed by atoms with Gasteiger partial charge < -0.3 is 15.7 Å². The zero-order valence-electron chi connectivity index (χ0n) is 10.6. The predicted octanol–water partition coefficient (Wildman–Crippen LogP) is 2.98. The van der Waals surface area contributed by atoms with Crippen molar-refractivity contribution in [3.8, 4) is 0 Å². The van der Waals surface area contributed by atoms with E-state index >= 15 is 0 Å². The Kier molecular flexibility index (Phi) is 6.15. The van der Waals surface area contributed by atoms with Gasteiger partial charge in [-0.2, -0.15) is 0 Å². The van der Waals surface area contributed by atoms with Crippen LogP contribution in [0.2, 0.25) is 0 Å². The van der Waals surface area contributed by atoms with E-state index < -0.39 is 0 Å². The van der Waals surface area contributed by atoms with Crippen LogP contribution >= 0.6 is 15.9 Å². The molecule has 0 fully saturated rings. The fraction of sp³-hybridized carbons (Fsp3) is 0.462. The number of anilines is 1. The van der Waals surface area contributed by atoms with Crippen molar-refractivity contribution in [1.29, 1.82) is 0 Å². The van der Waals surface area contributed by atoms with Gasteiger partial charge in [0.05, 0.1) is 11.8 Å². The molecule has 0 spiro atoms. The highest BCUT2D eigenvalue weighted by Gasteiger charge is 2.09. The predicted molar refractivity (Wildman–Crippen MR) is 76.6 cm³/mol. The minimum Gasteiger partial charge on any atom is -0.393 e. The van der Waals surface area contributed by atoms with E-state index in [1.165, 1.54) is 0 Å². The van der Waals surface area contributed by atoms with Gasteiger partial charge in [-0.25, -0.2) is 4.79 Å². The van der Waals surface area contributed by atoms with E-state index in [0.29, 0.717) is 13.0 Å². The first-order valence-electron chi connectivity index (χ1n) is 5.98. The molecule has 0 saturated carbocycles. The van der Waals surface area contributed by atoms with Crippen molar-refractivity contribution in [3.05, 3.63) is 28.7 Å². The van der Waals surface area contributed by atoms with E-state index in [0.717, 1.165) is 10.2 Å². The second kappa shape index (κ2) is 7.38. The van der Waals surface area contributed by atoms with Gasteiger partial charge in [0.1, 0.15) is 0 Å². The van der Waals surface area contributed by atoms with E-state index in [1.54, 1.807) is 0 Å². The van der Waals surface area contributed by atoms with Gasteiger partial charge in [-0.15, -0.1) is 0 Å². The number of para-hydroxylation sites is 1. The smallest absolute Gasteiger partial charge is 0.319 e. The molecular weight excluding hydrogens is 296 g/mol. The molecule has 1 unspecified atom stereocenters. The summed E-state index contributed by atoms with van der Waals surface area (Å²) in [5.74, 6) is 0.207. The first-order valence-corrected chi connectivity index (χ1v) is 6.77. The molecule has 0 aliphatic carbocycles. The van der Waals surface area contributed by atoms with Crippen molar-refractivity contribution < 1.29 is 9.90 Å². The highest BCUT2D eigenvalue weighted by Crippen LogP contribution is 2.20. The number of benzene rings is 1. The number of rotatable bonds is 5. The Morgan fingerprint density at radius 2 is 2.06 bits per heavy atom. The van der Waals surface area contributed by atoms with Crippen molar-refractivity contribution in [2.75, 3.05) is 11.9 Å². The summed E-state index contributed by atoms with van der Waals surface area (Å²) in [6.45, 7) is 4.35. The van der Waals surface area contributed by atoms with Crippen molar-refractivity contribution in [3.63, 3.8) is 0 Å². The average Bonchev–Trinajstić information content (AvgIpc) is 2.32. The summed E-state index contributed by atoms with van der Waals surface area (Å²) < 4.78 is 0.836. The molecule has 1 rings (SSSR count). The second-order valence-electron chi connectivity index (χ2n) is 4.46. The van der Waals surface area contributed by atoms with Gasteiger partial charge in [-0.3, -0.25) is 0 Å². The molecule has 100 valence electrons. The summed E-state index contributed by atoms with van der Waals surface area (Å²) in [4.78, 5) is 11.6. The summed E-state index contributed by atoms with van der Waals surface area (Å²) in [6, 6.07) is 7.14. The Bertz CT molecular complexity index is 396. The number of hydrogen-bond donors (Lipinski definition) is 3. The molecule has 0 aliphatic heterocycles. The number of urea groups is 1. The number of hydrogen-bond acceptors (Lipinski definition) is 2. The fourth-order valence-corrected chi connectivity index (χ4v) is 1.78. The van der Waals surface area contributed by atoms with E-state index in [9.17, 15) is 9.90 Å². The van der Waals surface area contributed by atoms with Crippen LogP contribution in [0.5, 0.6) is 0 Å². The molecule has 0 bridgehead atoms. The van der Waals surface area contributed by atoms with Crippen LogP contribution in [0.15, 0.2) is 28.7 Å². The van der Waals surface area contributed by atoms with Crippen LogP contribution in [0.4, 0.5) is 10.5 Å². The van der Waals surface area contributed by atoms with Crippen molar-refractivity contribution >= 4 is 27.6 Å². The Morgan fingerprint density at radius 3 is 2.67 bits per heavy atom. The van der Waals surface area contributed by atoms with E-state index in [1.807, 2.05) is 38.1 Å². The maximum atomic E-state index is 11.6. The topological polar surface area (TPSA) is 61.4 Å². The monoisotopic (exact) mass is 314 g/mol. The molecule has 3 N–H and O–H groups in total. The molecule has 0 aromatic heterocycles. The Balaban J connectivity index is 2.33. The van der Waals surface area contributed by atoms with E-state index in [2.05, 4.69) is 26.6 Å². The Morgan fingerprint density at radius 1 is 1.39 bits per heavy atom. The van der Waals surface area contributed by atoms with E-state index in [4.69, 9.17) is 0 Å². The van der Waals surface area contributed by atoms with Crippen LogP contribution in [-0.4, -0.2) is 23.8 Å². The van der Waals surface area contributed by atoms with Crippen LogP contribution in [0, 0.1) is 5.92 Å². The molecule has 0 saturated heterocycles. The molecule has 18 heavy (non-hydrogen) atoms. The molecule has 0 heterocycles. The van der Waals surface area contributed by atoms with Crippen LogP contribution in [0.1, 0.15) is 20.3 Å². The first kappa shape index (κ1) is 15.0. The lowest BCUT2D eigenvalue weighted by Gasteiger charge is -2.15. The largest absolute Gasteiger partial charge is 0.393 e. The Labute approximate surface area is 116 Å². The number of aliphatic hydroxyl groups excluding tert-OH is 1. The zero-order valence-corrected chi connectivity index (χ0v) is 12.2. The lowest BCUT2D eigenvalue weighted by atomic mass is 10.0. The number of carbonyl (C=O) groups is 1. The van der Waals surface area contributed by atoms with Crippen LogP contribution in [-0.2, 0) is 0 Å². The fourth-order valence-electron chi connectivity index (χ4n) is 1.40. The Hall–Kier alpha value is -1.07. The number of nitrogens with one attached hydrogen (secondary N) is 2. The molecule has 1 aromatic rings. The maximum Gasteiger partial charge on any atom is 0.319 e. The van der Waals surface area contributed by atoms with Gasteiger partial charge in [0, 0.05) is 11.0 Å². The third kappa shape index (κ3) is 5.06. The highest BCUT2D eigenvalue weighted by atomic mass is 79.9. The quantitative estimate of drug-likeness (QED) is 0.782. The van der Waals surface area contributed by atoms with Crippen LogP contribution in [0.3, 0.4) is 0 Å². The molecule has 0 aliphatic rings. The standard InChI is InChI=1S/C13H19BrN2O2/c1-9(2)12(17)7-8-15-13(18)16-11-6-4-3-5-10(11)14/h3-6,9,12,17H,7-8H2,1-2H3,(H2,15,16,18). The molecule has 0 radical (unpaired) electrons. The third-order valence-corrected chi connectivity index (χ3v) is 3.31. The normalized spacial score (nSPS) is 12.3. The molecule has 2 amide bonds. The van der Waals surface area contributed by atoms with Gasteiger partial charge >= 0.3 is 6.03 Å². The summed E-state index contributed by atoms with van der Waals surface area (Å²) in [5.41, 5.74) is 0.722. The second-order valence-corrected chi connectivity index (χ2v) is 5.32. The van der Waals surface area contributed by atoms with Gasteiger partial charge in [-0.05, 0) is 40.4 Å². The van der Waals surface area contributed by atoms with Gasteiger partial charge in [-0.1, -0.05) is 26.0 Å². The summed E-state index contributed by atoms with van der Waals surface area (Å²) in [6.07, 6.45) is 0.176. The van der Waals surface area contributed by atoms with Gasteiger partial charge in [0.2, 0.25) is 0 Å². The van der Waals surface area contributed by atoms with Crippen molar-refractivity contribution in [1.82, 2.24) is 5.32 Å². The first-order chi connectivity index (χ1) is 8.50. The minimum absolute atomic E-state index is 0.207. The van der Waals surface area contributed by atoms with Gasteiger partial charge in [0.25, 0.3) is 0 Å². The van der Waals surface area contributed by atoms with Crippen LogP contribution < -0.4 is 10.6 Å². The van der Waals surface area contributed by atoms with Crippen LogP contribution in [0.25, 0.3) is 0 Å². The molecule has 4 nitrogen and oxygen atoms in total. The van der Waals surface area contributed by atoms with Crippen molar-refractivity contribution in [2.45, 2.75) is 26.4 Å². The SMILES string of the molecule is CC(C)C(O)CCNC(=O)Nc1ccccc1Br. The molecule has 5 heteroatoms. The molecule has 1 aromatic carbocycles. The number of aliphatic hydroxyl groups is 1. The van der Waals surface area contributed by atoms with Crippen molar-refractivity contribution in [2.24, 2.45) is 5.92 Å². The number of halogens is 1. The third-order valence-electron chi connectivity index (χ3n) is 2.62. The number of carbonyl (C=O) groups excluding carboxylic acids is 1. The van der Waals surface area contributed by atoms with Gasteiger partial charge in [0.15, 0.2) is 0 Å². The lowest BCUT2D eigenvalue weighted by molar-refractivity contribution is 0.117. The molecule has 1 atom stereocenters. The summed E-state index contributed by atoms with van der Waals surface area (Å²) in [5, 5.41) is 15.0. The lowest BCUT2D eigenvalue weighted by Crippen LogP contribution is -2.32. The average molecular weight is 315 g/mol. The summed E-state index contributed by atoms with van der Waals surface area (Å²) in [7, 11) is 0. The number of amides is 2. The minimum atomic E-state index is -0.381. The molecular formula is C13H19BrN2O2. The maximum absolute atomic E-state index is 11.6. The summed E-state index contributed by atoms with van der Waals surface area (Å²) >= 11 is 3.35. The highest BCUT2D eigenvalue weighted by molar-refractivity contribution is 9.10. The zero-order chi connectivity index (χ0) is 13.5. The van der Waals surface area contributed by atoms with E-state index in [-0.39, 0.29) is 18.1 Å².